The van der Waals surface area contributed by atoms with E-state index in [2.05, 4.69) is 29.2 Å². The van der Waals surface area contributed by atoms with Crippen LogP contribution in [0.4, 0.5) is 0 Å². The van der Waals surface area contributed by atoms with E-state index in [4.69, 9.17) is 11.6 Å². The maximum atomic E-state index is 5.52. The third kappa shape index (κ3) is 2.97. The number of hydrogen-bond donors (Lipinski definition) is 0. The van der Waals surface area contributed by atoms with Crippen LogP contribution in [0.1, 0.15) is 0 Å². The van der Waals surface area contributed by atoms with Crippen molar-refractivity contribution in [2.45, 2.75) is 5.38 Å². The van der Waals surface area contributed by atoms with Crippen LogP contribution in [-0.4, -0.2) is 9.80 Å². The fourth-order valence-corrected chi connectivity index (χ4v) is 0.423. The summed E-state index contributed by atoms with van der Waals surface area (Å²) in [6.07, 6.45) is 1.73. The topological polar surface area (TPSA) is 0 Å². The van der Waals surface area contributed by atoms with Gasteiger partial charge < -0.3 is 0 Å². The molecule has 0 aliphatic rings. The minimum atomic E-state index is 0.158. The second kappa shape index (κ2) is 3.93. The van der Waals surface area contributed by atoms with E-state index in [1.165, 1.54) is 0 Å². The Labute approximate surface area is 56.7 Å². The van der Waals surface area contributed by atoms with Crippen molar-refractivity contribution in [2.24, 2.45) is 0 Å². The van der Waals surface area contributed by atoms with Gasteiger partial charge in [-0.15, -0.1) is 18.2 Å². The fraction of sp³-hybridized carbons (Fsp3) is 0.500. The number of rotatable bonds is 2. The average molecular weight is 216 g/mol. The average Bonchev–Trinajstić information content (AvgIpc) is 1.65. The second-order valence-corrected chi connectivity index (χ2v) is 2.35. The van der Waals surface area contributed by atoms with E-state index in [-0.39, 0.29) is 5.38 Å². The Kier molecular flexibility index (Phi) is 4.43. The molecule has 0 amide bonds. The summed E-state index contributed by atoms with van der Waals surface area (Å²) in [4.78, 5) is 0. The molecule has 0 rings (SSSR count). The van der Waals surface area contributed by atoms with E-state index < -0.39 is 0 Å². The Morgan fingerprint density at radius 3 is 2.50 bits per heavy atom. The molecule has 0 fully saturated rings. The van der Waals surface area contributed by atoms with Crippen LogP contribution in [0.25, 0.3) is 0 Å². The Hall–Kier alpha value is 0.760. The summed E-state index contributed by atoms with van der Waals surface area (Å²) < 4.78 is 0.947. The maximum Gasteiger partial charge on any atom is 0.0602 e. The highest BCUT2D eigenvalue weighted by Gasteiger charge is 1.89. The SMILES string of the molecule is C=CC(Cl)CI. The van der Waals surface area contributed by atoms with Crippen molar-refractivity contribution in [3.63, 3.8) is 0 Å². The number of hydrogen-bond acceptors (Lipinski definition) is 0. The monoisotopic (exact) mass is 216 g/mol. The van der Waals surface area contributed by atoms with E-state index >= 15 is 0 Å². The molecule has 0 aliphatic heterocycles. The van der Waals surface area contributed by atoms with Crippen LogP contribution in [0.15, 0.2) is 12.7 Å². The molecule has 0 saturated heterocycles. The summed E-state index contributed by atoms with van der Waals surface area (Å²) in [5.74, 6) is 0. The molecule has 1 atom stereocenters. The molecular weight excluding hydrogens is 210 g/mol. The van der Waals surface area contributed by atoms with Gasteiger partial charge in [0.15, 0.2) is 0 Å². The van der Waals surface area contributed by atoms with Gasteiger partial charge in [0.05, 0.1) is 5.38 Å². The highest BCUT2D eigenvalue weighted by atomic mass is 127. The zero-order valence-corrected chi connectivity index (χ0v) is 6.24. The van der Waals surface area contributed by atoms with E-state index in [0.717, 1.165) is 4.43 Å². The van der Waals surface area contributed by atoms with Crippen molar-refractivity contribution in [2.75, 3.05) is 4.43 Å². The molecular formula is C4H6ClI. The molecule has 0 N–H and O–H groups in total. The Morgan fingerprint density at radius 2 is 2.50 bits per heavy atom. The van der Waals surface area contributed by atoms with Crippen molar-refractivity contribution < 1.29 is 0 Å². The summed E-state index contributed by atoms with van der Waals surface area (Å²) in [5, 5.41) is 0.158. The normalized spacial score (nSPS) is 13.7. The van der Waals surface area contributed by atoms with E-state index in [0.29, 0.717) is 0 Å². The first-order valence-electron chi connectivity index (χ1n) is 1.64. The lowest BCUT2D eigenvalue weighted by Crippen LogP contribution is -1.89. The number of alkyl halides is 2. The molecule has 0 aromatic carbocycles. The fourth-order valence-electron chi connectivity index (χ4n) is 0.0630. The minimum Gasteiger partial charge on any atom is -0.118 e. The van der Waals surface area contributed by atoms with E-state index in [1.54, 1.807) is 6.08 Å². The molecule has 0 bridgehead atoms. The molecule has 0 heterocycles. The number of allylic oxidation sites excluding steroid dienone is 1. The smallest absolute Gasteiger partial charge is 0.0602 e. The molecule has 0 aromatic heterocycles. The summed E-state index contributed by atoms with van der Waals surface area (Å²) in [5.41, 5.74) is 0. The minimum absolute atomic E-state index is 0.158. The van der Waals surface area contributed by atoms with Gasteiger partial charge in [0, 0.05) is 4.43 Å². The van der Waals surface area contributed by atoms with Crippen LogP contribution in [0, 0.1) is 0 Å². The summed E-state index contributed by atoms with van der Waals surface area (Å²) in [6, 6.07) is 0. The van der Waals surface area contributed by atoms with Gasteiger partial charge in [0.25, 0.3) is 0 Å². The van der Waals surface area contributed by atoms with Crippen molar-refractivity contribution in [3.05, 3.63) is 12.7 Å². The Balaban J connectivity index is 2.96. The summed E-state index contributed by atoms with van der Waals surface area (Å²) in [7, 11) is 0. The van der Waals surface area contributed by atoms with Gasteiger partial charge in [-0.05, 0) is 0 Å². The lowest BCUT2D eigenvalue weighted by atomic mass is 10.5. The molecule has 1 unspecified atom stereocenters. The molecule has 36 valence electrons. The quantitative estimate of drug-likeness (QED) is 0.377. The summed E-state index contributed by atoms with van der Waals surface area (Å²) >= 11 is 7.73. The highest BCUT2D eigenvalue weighted by Crippen LogP contribution is 1.99. The predicted molar refractivity (Wildman–Crippen MR) is 38.7 cm³/mol. The van der Waals surface area contributed by atoms with E-state index in [1.807, 2.05) is 0 Å². The van der Waals surface area contributed by atoms with Gasteiger partial charge in [0.1, 0.15) is 0 Å². The first kappa shape index (κ1) is 6.76. The lowest BCUT2D eigenvalue weighted by Gasteiger charge is -1.89. The molecule has 0 radical (unpaired) electrons. The first-order chi connectivity index (χ1) is 2.81. The van der Waals surface area contributed by atoms with Crippen LogP contribution < -0.4 is 0 Å². The summed E-state index contributed by atoms with van der Waals surface area (Å²) in [6.45, 7) is 3.49. The molecule has 0 nitrogen and oxygen atoms in total. The second-order valence-electron chi connectivity index (χ2n) is 0.906. The predicted octanol–water partition coefficient (Wildman–Crippen LogP) is 2.21. The van der Waals surface area contributed by atoms with Crippen molar-refractivity contribution in [1.29, 1.82) is 0 Å². The standard InChI is InChI=1S/C4H6ClI/c1-2-4(5)3-6/h2,4H,1,3H2. The molecule has 2 heteroatoms. The van der Waals surface area contributed by atoms with Crippen molar-refractivity contribution >= 4 is 34.2 Å². The third-order valence-corrected chi connectivity index (χ3v) is 2.21. The van der Waals surface area contributed by atoms with Crippen LogP contribution in [-0.2, 0) is 0 Å². The van der Waals surface area contributed by atoms with E-state index in [9.17, 15) is 0 Å². The largest absolute Gasteiger partial charge is 0.118 e. The van der Waals surface area contributed by atoms with Gasteiger partial charge in [-0.1, -0.05) is 28.7 Å². The Morgan fingerprint density at radius 1 is 2.00 bits per heavy atom. The molecule has 0 saturated carbocycles. The first-order valence-corrected chi connectivity index (χ1v) is 3.60. The van der Waals surface area contributed by atoms with Crippen molar-refractivity contribution in [3.8, 4) is 0 Å². The van der Waals surface area contributed by atoms with Crippen molar-refractivity contribution in [1.82, 2.24) is 0 Å². The maximum absolute atomic E-state index is 5.52. The highest BCUT2D eigenvalue weighted by molar-refractivity contribution is 14.1. The molecule has 6 heavy (non-hydrogen) atoms. The lowest BCUT2D eigenvalue weighted by molar-refractivity contribution is 1.29. The van der Waals surface area contributed by atoms with Crippen LogP contribution in [0.3, 0.4) is 0 Å². The number of halogens is 2. The van der Waals surface area contributed by atoms with Crippen LogP contribution in [0.5, 0.6) is 0 Å². The van der Waals surface area contributed by atoms with Gasteiger partial charge in [-0.25, -0.2) is 0 Å². The molecule has 0 aliphatic carbocycles. The third-order valence-electron chi connectivity index (χ3n) is 0.403. The van der Waals surface area contributed by atoms with Gasteiger partial charge in [0.2, 0.25) is 0 Å². The zero-order valence-electron chi connectivity index (χ0n) is 3.32. The molecule has 0 aromatic rings. The Bertz CT molecular complexity index is 44.8. The van der Waals surface area contributed by atoms with Crippen LogP contribution >= 0.6 is 34.2 Å². The van der Waals surface area contributed by atoms with Gasteiger partial charge in [-0.2, -0.15) is 0 Å². The zero-order chi connectivity index (χ0) is 4.99. The van der Waals surface area contributed by atoms with Crippen LogP contribution in [0.2, 0.25) is 0 Å². The van der Waals surface area contributed by atoms with Gasteiger partial charge >= 0.3 is 0 Å². The van der Waals surface area contributed by atoms with Gasteiger partial charge in [-0.3, -0.25) is 0 Å². The molecule has 0 spiro atoms.